The summed E-state index contributed by atoms with van der Waals surface area (Å²) in [5.74, 6) is -3.54. The molecule has 2 saturated carbocycles. The molecule has 2 aliphatic carbocycles. The second kappa shape index (κ2) is 8.37. The molecule has 0 spiro atoms. The molecular weight excluding hydrogens is 464 g/mol. The Balaban J connectivity index is 1.62. The Kier molecular flexibility index (Phi) is 6.04. The lowest BCUT2D eigenvalue weighted by atomic mass is 9.77. The van der Waals surface area contributed by atoms with Crippen LogP contribution in [0, 0.1) is 23.5 Å². The number of aliphatic hydroxyl groups is 2. The molecule has 2 fully saturated rings. The summed E-state index contributed by atoms with van der Waals surface area (Å²) in [5, 5.41) is 21.6. The van der Waals surface area contributed by atoms with E-state index in [4.69, 9.17) is 11.6 Å². The number of amides is 1. The normalized spacial score (nSPS) is 27.3. The Morgan fingerprint density at radius 3 is 2.34 bits per heavy atom. The van der Waals surface area contributed by atoms with Crippen molar-refractivity contribution < 1.29 is 32.2 Å². The average Bonchev–Trinajstić information content (AvgIpc) is 3.04. The van der Waals surface area contributed by atoms with Crippen LogP contribution in [-0.4, -0.2) is 42.0 Å². The first kappa shape index (κ1) is 23.1. The van der Waals surface area contributed by atoms with Crippen LogP contribution in [0.1, 0.15) is 36.0 Å². The zero-order chi connectivity index (χ0) is 23.3. The molecule has 2 aromatic carbocycles. The highest BCUT2D eigenvalue weighted by atomic mass is 35.5. The first-order chi connectivity index (χ1) is 15.0. The maximum Gasteiger partial charge on any atom is 0.255 e. The fraction of sp³-hybridized carbons (Fsp3) is 0.409. The highest BCUT2D eigenvalue weighted by Crippen LogP contribution is 2.51. The van der Waals surface area contributed by atoms with Crippen molar-refractivity contribution in [2.75, 3.05) is 11.9 Å². The number of nitrogens with one attached hydrogen (secondary N) is 1. The van der Waals surface area contributed by atoms with E-state index < -0.39 is 44.8 Å². The van der Waals surface area contributed by atoms with Crippen molar-refractivity contribution >= 4 is 33.0 Å². The number of halogens is 3. The van der Waals surface area contributed by atoms with Crippen molar-refractivity contribution in [1.29, 1.82) is 0 Å². The van der Waals surface area contributed by atoms with Gasteiger partial charge in [0.05, 0.1) is 27.4 Å². The summed E-state index contributed by atoms with van der Waals surface area (Å²) in [6.07, 6.45) is 1.59. The van der Waals surface area contributed by atoms with Gasteiger partial charge < -0.3 is 15.5 Å². The zero-order valence-corrected chi connectivity index (χ0v) is 18.5. The topological polar surface area (TPSA) is 104 Å². The molecular formula is C22H22ClF2NO5S. The largest absolute Gasteiger partial charge is 0.393 e. The molecule has 32 heavy (non-hydrogen) atoms. The second-order valence-corrected chi connectivity index (χ2v) is 11.1. The molecule has 2 bridgehead atoms. The summed E-state index contributed by atoms with van der Waals surface area (Å²) in [5.41, 5.74) is -1.28. The lowest BCUT2D eigenvalue weighted by Crippen LogP contribution is -2.48. The van der Waals surface area contributed by atoms with Crippen LogP contribution in [0.4, 0.5) is 14.5 Å². The van der Waals surface area contributed by atoms with E-state index in [0.717, 1.165) is 12.1 Å². The van der Waals surface area contributed by atoms with Crippen LogP contribution >= 0.6 is 11.6 Å². The molecule has 3 N–H and O–H groups in total. The first-order valence-electron chi connectivity index (χ1n) is 10.2. The summed E-state index contributed by atoms with van der Waals surface area (Å²) in [7, 11) is -3.94. The van der Waals surface area contributed by atoms with Crippen LogP contribution in [0.2, 0.25) is 5.02 Å². The monoisotopic (exact) mass is 485 g/mol. The molecule has 2 aromatic rings. The van der Waals surface area contributed by atoms with Gasteiger partial charge in [0.2, 0.25) is 0 Å². The van der Waals surface area contributed by atoms with Crippen LogP contribution in [0.5, 0.6) is 0 Å². The number of carbonyl (C=O) groups is 1. The minimum Gasteiger partial charge on any atom is -0.393 e. The van der Waals surface area contributed by atoms with Crippen molar-refractivity contribution in [2.45, 2.75) is 41.4 Å². The minimum atomic E-state index is -3.94. The quantitative estimate of drug-likeness (QED) is 0.601. The Bertz CT molecular complexity index is 1160. The third-order valence-electron chi connectivity index (χ3n) is 6.45. The van der Waals surface area contributed by atoms with Gasteiger partial charge in [-0.15, -0.1) is 0 Å². The molecule has 1 amide bonds. The molecule has 0 radical (unpaired) electrons. The van der Waals surface area contributed by atoms with Crippen LogP contribution in [-0.2, 0) is 9.84 Å². The second-order valence-electron chi connectivity index (χ2n) is 8.63. The number of hydrogen-bond acceptors (Lipinski definition) is 5. The number of anilines is 1. The molecule has 2 atom stereocenters. The summed E-state index contributed by atoms with van der Waals surface area (Å²) < 4.78 is 53.6. The molecule has 0 aromatic heterocycles. The Hall–Kier alpha value is -2.07. The van der Waals surface area contributed by atoms with E-state index in [1.54, 1.807) is 0 Å². The lowest BCUT2D eigenvalue weighted by molar-refractivity contribution is -0.0597. The maximum absolute atomic E-state index is 13.5. The van der Waals surface area contributed by atoms with Gasteiger partial charge in [-0.3, -0.25) is 4.79 Å². The number of benzene rings is 2. The highest BCUT2D eigenvalue weighted by molar-refractivity contribution is 7.92. The Morgan fingerprint density at radius 2 is 1.75 bits per heavy atom. The van der Waals surface area contributed by atoms with Crippen molar-refractivity contribution in [3.8, 4) is 0 Å². The minimum absolute atomic E-state index is 0.00673. The standard InChI is InChI=1S/C22H22ClF2NO5S/c23-16-5-3-12(21(28)26-15-4-6-17(24)18(25)8-15)7-19(16)32(30,31)20-13-1-2-14(20)10-22(29,9-13)11-27/h3-8,13-14,20,27,29H,1-2,9-11H2,(H,26,28)/t13?,14?,20-,22-. The zero-order valence-electron chi connectivity index (χ0n) is 16.9. The van der Waals surface area contributed by atoms with Gasteiger partial charge in [0.25, 0.3) is 5.91 Å². The van der Waals surface area contributed by atoms with E-state index in [2.05, 4.69) is 5.32 Å². The van der Waals surface area contributed by atoms with Gasteiger partial charge in [-0.05, 0) is 67.9 Å². The van der Waals surface area contributed by atoms with Crippen molar-refractivity contribution in [1.82, 2.24) is 0 Å². The van der Waals surface area contributed by atoms with Gasteiger partial charge in [0, 0.05) is 17.3 Å². The van der Waals surface area contributed by atoms with Crippen molar-refractivity contribution in [3.05, 3.63) is 58.6 Å². The van der Waals surface area contributed by atoms with E-state index in [1.165, 1.54) is 24.3 Å². The maximum atomic E-state index is 13.5. The molecule has 172 valence electrons. The van der Waals surface area contributed by atoms with E-state index in [0.29, 0.717) is 12.8 Å². The van der Waals surface area contributed by atoms with Crippen LogP contribution in [0.3, 0.4) is 0 Å². The van der Waals surface area contributed by atoms with E-state index in [9.17, 15) is 32.2 Å². The Labute approximate surface area is 189 Å². The van der Waals surface area contributed by atoms with E-state index in [-0.39, 0.29) is 45.8 Å². The molecule has 0 aliphatic heterocycles. The SMILES string of the molecule is O=C(Nc1ccc(F)c(F)c1)c1ccc(Cl)c(S(=O)(=O)[C@H]2C3CCC2C[C@](O)(CO)C3)c1. The number of fused-ring (bicyclic) bond motifs is 2. The van der Waals surface area contributed by atoms with Crippen molar-refractivity contribution in [2.24, 2.45) is 11.8 Å². The van der Waals surface area contributed by atoms with Crippen molar-refractivity contribution in [3.63, 3.8) is 0 Å². The predicted octanol–water partition coefficient (Wildman–Crippen LogP) is 3.56. The predicted molar refractivity (Wildman–Crippen MR) is 114 cm³/mol. The first-order valence-corrected chi connectivity index (χ1v) is 12.1. The molecule has 6 nitrogen and oxygen atoms in total. The summed E-state index contributed by atoms with van der Waals surface area (Å²) in [4.78, 5) is 12.4. The van der Waals surface area contributed by atoms with Gasteiger partial charge in [-0.25, -0.2) is 17.2 Å². The van der Waals surface area contributed by atoms with Crippen LogP contribution in [0.15, 0.2) is 41.3 Å². The molecule has 2 unspecified atom stereocenters. The third-order valence-corrected chi connectivity index (χ3v) is 9.33. The van der Waals surface area contributed by atoms with E-state index in [1.807, 2.05) is 0 Å². The molecule has 0 saturated heterocycles. The number of carbonyl (C=O) groups excluding carboxylic acids is 1. The Morgan fingerprint density at radius 1 is 1.09 bits per heavy atom. The summed E-state index contributed by atoms with van der Waals surface area (Å²) in [6.45, 7) is -0.423. The molecule has 4 rings (SSSR count). The van der Waals surface area contributed by atoms with E-state index >= 15 is 0 Å². The van der Waals surface area contributed by atoms with Crippen LogP contribution in [0.25, 0.3) is 0 Å². The molecule has 2 aliphatic rings. The molecule has 0 heterocycles. The fourth-order valence-electron chi connectivity index (χ4n) is 5.06. The average molecular weight is 486 g/mol. The fourth-order valence-corrected chi connectivity index (χ4v) is 7.90. The highest BCUT2D eigenvalue weighted by Gasteiger charge is 2.54. The smallest absolute Gasteiger partial charge is 0.255 e. The van der Waals surface area contributed by atoms with Crippen LogP contribution < -0.4 is 5.32 Å². The van der Waals surface area contributed by atoms with Gasteiger partial charge in [-0.2, -0.15) is 0 Å². The number of aliphatic hydroxyl groups excluding tert-OH is 1. The summed E-state index contributed by atoms with van der Waals surface area (Å²) in [6, 6.07) is 6.71. The molecule has 10 heteroatoms. The number of rotatable bonds is 5. The lowest BCUT2D eigenvalue weighted by Gasteiger charge is -2.39. The van der Waals surface area contributed by atoms with Gasteiger partial charge in [0.15, 0.2) is 21.5 Å². The third kappa shape index (κ3) is 4.14. The number of hydrogen-bond donors (Lipinski definition) is 3. The van der Waals surface area contributed by atoms with Gasteiger partial charge in [0.1, 0.15) is 0 Å². The number of sulfone groups is 1. The summed E-state index contributed by atoms with van der Waals surface area (Å²) >= 11 is 6.21. The van der Waals surface area contributed by atoms with Gasteiger partial charge >= 0.3 is 0 Å². The van der Waals surface area contributed by atoms with Gasteiger partial charge in [-0.1, -0.05) is 11.6 Å².